The number of aryl methyl sites for hydroxylation is 1. The van der Waals surface area contributed by atoms with E-state index in [4.69, 9.17) is 4.42 Å². The van der Waals surface area contributed by atoms with Gasteiger partial charge in [-0.05, 0) is 44.2 Å². The fraction of sp³-hybridized carbons (Fsp3) is 0.625. The molecule has 0 aliphatic heterocycles. The molecule has 2 N–H and O–H groups in total. The number of carbonyl (C=O) groups is 2. The molecule has 1 heterocycles. The molecule has 1 aliphatic carbocycles. The van der Waals surface area contributed by atoms with Gasteiger partial charge in [-0.15, -0.1) is 0 Å². The van der Waals surface area contributed by atoms with E-state index >= 15 is 0 Å². The molecule has 1 saturated carbocycles. The highest BCUT2D eigenvalue weighted by atomic mass is 16.4. The maximum atomic E-state index is 12.3. The second kappa shape index (κ2) is 6.78. The van der Waals surface area contributed by atoms with Crippen molar-refractivity contribution in [2.45, 2.75) is 45.6 Å². The average molecular weight is 293 g/mol. The SMILES string of the molecule is CC1CC(C(=O)O)C(C(=O)NC(C)CCc2ccco2)C1. The van der Waals surface area contributed by atoms with Crippen LogP contribution in [0.1, 0.15) is 38.9 Å². The Morgan fingerprint density at radius 1 is 1.43 bits per heavy atom. The third kappa shape index (κ3) is 4.09. The molecule has 4 atom stereocenters. The molecule has 0 bridgehead atoms. The van der Waals surface area contributed by atoms with Crippen LogP contribution in [0.3, 0.4) is 0 Å². The van der Waals surface area contributed by atoms with Crippen molar-refractivity contribution in [3.05, 3.63) is 24.2 Å². The summed E-state index contributed by atoms with van der Waals surface area (Å²) in [4.78, 5) is 23.5. The number of aliphatic carboxylic acids is 1. The van der Waals surface area contributed by atoms with E-state index in [1.807, 2.05) is 26.0 Å². The highest BCUT2D eigenvalue weighted by molar-refractivity contribution is 5.85. The summed E-state index contributed by atoms with van der Waals surface area (Å²) < 4.78 is 5.26. The molecule has 0 aromatic carbocycles. The van der Waals surface area contributed by atoms with Gasteiger partial charge in [0.25, 0.3) is 0 Å². The fourth-order valence-electron chi connectivity index (χ4n) is 3.09. The van der Waals surface area contributed by atoms with E-state index in [0.717, 1.165) is 18.6 Å². The van der Waals surface area contributed by atoms with E-state index in [-0.39, 0.29) is 11.9 Å². The summed E-state index contributed by atoms with van der Waals surface area (Å²) in [6.45, 7) is 3.94. The van der Waals surface area contributed by atoms with Gasteiger partial charge in [-0.2, -0.15) is 0 Å². The quantitative estimate of drug-likeness (QED) is 0.844. The van der Waals surface area contributed by atoms with Gasteiger partial charge >= 0.3 is 5.97 Å². The molecule has 1 aromatic rings. The van der Waals surface area contributed by atoms with E-state index in [1.165, 1.54) is 0 Å². The van der Waals surface area contributed by atoms with Crippen LogP contribution in [0.4, 0.5) is 0 Å². The highest BCUT2D eigenvalue weighted by Crippen LogP contribution is 2.36. The molecule has 2 rings (SSSR count). The lowest BCUT2D eigenvalue weighted by atomic mass is 9.95. The first kappa shape index (κ1) is 15.6. The van der Waals surface area contributed by atoms with Crippen LogP contribution in [0.5, 0.6) is 0 Å². The number of hydrogen-bond donors (Lipinski definition) is 2. The highest BCUT2D eigenvalue weighted by Gasteiger charge is 2.41. The van der Waals surface area contributed by atoms with Crippen molar-refractivity contribution in [1.82, 2.24) is 5.32 Å². The fourth-order valence-corrected chi connectivity index (χ4v) is 3.09. The molecule has 5 heteroatoms. The Morgan fingerprint density at radius 3 is 2.76 bits per heavy atom. The second-order valence-corrected chi connectivity index (χ2v) is 6.16. The molecule has 1 aliphatic rings. The van der Waals surface area contributed by atoms with Crippen LogP contribution in [0, 0.1) is 17.8 Å². The lowest BCUT2D eigenvalue weighted by Gasteiger charge is -2.19. The largest absolute Gasteiger partial charge is 0.481 e. The van der Waals surface area contributed by atoms with Gasteiger partial charge in [0.05, 0.1) is 18.1 Å². The van der Waals surface area contributed by atoms with Crippen LogP contribution in [-0.4, -0.2) is 23.0 Å². The molecular weight excluding hydrogens is 270 g/mol. The summed E-state index contributed by atoms with van der Waals surface area (Å²) in [6, 6.07) is 3.76. The summed E-state index contributed by atoms with van der Waals surface area (Å²) in [5, 5.41) is 12.2. The molecule has 0 spiro atoms. The molecule has 1 amide bonds. The van der Waals surface area contributed by atoms with Crippen LogP contribution in [0.15, 0.2) is 22.8 Å². The first-order valence-electron chi connectivity index (χ1n) is 7.53. The van der Waals surface area contributed by atoms with Crippen molar-refractivity contribution in [2.24, 2.45) is 17.8 Å². The van der Waals surface area contributed by atoms with E-state index in [2.05, 4.69) is 5.32 Å². The number of hydrogen-bond acceptors (Lipinski definition) is 3. The number of rotatable bonds is 6. The van der Waals surface area contributed by atoms with Crippen molar-refractivity contribution in [2.75, 3.05) is 0 Å². The molecular formula is C16H23NO4. The molecule has 0 saturated heterocycles. The third-order valence-electron chi connectivity index (χ3n) is 4.24. The number of carboxylic acid groups (broad SMARTS) is 1. The number of carbonyl (C=O) groups excluding carboxylic acids is 1. The van der Waals surface area contributed by atoms with Crippen molar-refractivity contribution in [3.63, 3.8) is 0 Å². The molecule has 116 valence electrons. The zero-order valence-corrected chi connectivity index (χ0v) is 12.5. The summed E-state index contributed by atoms with van der Waals surface area (Å²) in [5.74, 6) is -0.739. The summed E-state index contributed by atoms with van der Waals surface area (Å²) in [5.41, 5.74) is 0. The molecule has 0 radical (unpaired) electrons. The first-order valence-corrected chi connectivity index (χ1v) is 7.53. The van der Waals surface area contributed by atoms with E-state index in [9.17, 15) is 14.7 Å². The van der Waals surface area contributed by atoms with Gasteiger partial charge in [0.1, 0.15) is 5.76 Å². The van der Waals surface area contributed by atoms with Gasteiger partial charge in [-0.25, -0.2) is 0 Å². The minimum atomic E-state index is -0.859. The number of carboxylic acids is 1. The monoisotopic (exact) mass is 293 g/mol. The first-order chi connectivity index (χ1) is 9.97. The lowest BCUT2D eigenvalue weighted by molar-refractivity contribution is -0.146. The topological polar surface area (TPSA) is 79.5 Å². The zero-order valence-electron chi connectivity index (χ0n) is 12.5. The smallest absolute Gasteiger partial charge is 0.307 e. The standard InChI is InChI=1S/C16H23NO4/c1-10-8-13(14(9-10)16(19)20)15(18)17-11(2)5-6-12-4-3-7-21-12/h3-4,7,10-11,13-14H,5-6,8-9H2,1-2H3,(H,17,18)(H,19,20). The Bertz CT molecular complexity index is 482. The minimum absolute atomic E-state index is 0.00736. The van der Waals surface area contributed by atoms with Crippen molar-refractivity contribution in [3.8, 4) is 0 Å². The Kier molecular flexibility index (Phi) is 5.04. The molecule has 5 nitrogen and oxygen atoms in total. The average Bonchev–Trinajstić information content (AvgIpc) is 3.05. The zero-order chi connectivity index (χ0) is 15.4. The molecule has 1 fully saturated rings. The van der Waals surface area contributed by atoms with Gasteiger partial charge in [-0.3, -0.25) is 9.59 Å². The van der Waals surface area contributed by atoms with E-state index in [1.54, 1.807) is 6.26 Å². The molecule has 4 unspecified atom stereocenters. The minimum Gasteiger partial charge on any atom is -0.481 e. The van der Waals surface area contributed by atoms with Gasteiger partial charge in [0.15, 0.2) is 0 Å². The Labute approximate surface area is 124 Å². The van der Waals surface area contributed by atoms with Crippen LogP contribution in [0.25, 0.3) is 0 Å². The summed E-state index contributed by atoms with van der Waals surface area (Å²) in [6.07, 6.45) is 4.43. The third-order valence-corrected chi connectivity index (χ3v) is 4.24. The molecule has 1 aromatic heterocycles. The normalized spacial score (nSPS) is 26.5. The van der Waals surface area contributed by atoms with Gasteiger partial charge in [-0.1, -0.05) is 6.92 Å². The van der Waals surface area contributed by atoms with Crippen LogP contribution < -0.4 is 5.32 Å². The van der Waals surface area contributed by atoms with Crippen molar-refractivity contribution < 1.29 is 19.1 Å². The van der Waals surface area contributed by atoms with Gasteiger partial charge < -0.3 is 14.8 Å². The predicted octanol–water partition coefficient (Wildman–Crippen LogP) is 2.46. The summed E-state index contributed by atoms with van der Waals surface area (Å²) in [7, 11) is 0. The van der Waals surface area contributed by atoms with Crippen LogP contribution in [0.2, 0.25) is 0 Å². The lowest BCUT2D eigenvalue weighted by Crippen LogP contribution is -2.40. The van der Waals surface area contributed by atoms with Crippen LogP contribution >= 0.6 is 0 Å². The second-order valence-electron chi connectivity index (χ2n) is 6.16. The number of furan rings is 1. The number of amides is 1. The van der Waals surface area contributed by atoms with Crippen molar-refractivity contribution >= 4 is 11.9 Å². The van der Waals surface area contributed by atoms with E-state index < -0.39 is 17.8 Å². The summed E-state index contributed by atoms with van der Waals surface area (Å²) >= 11 is 0. The maximum Gasteiger partial charge on any atom is 0.307 e. The van der Waals surface area contributed by atoms with Gasteiger partial charge in [0.2, 0.25) is 5.91 Å². The van der Waals surface area contributed by atoms with Crippen molar-refractivity contribution in [1.29, 1.82) is 0 Å². The predicted molar refractivity (Wildman–Crippen MR) is 77.6 cm³/mol. The Balaban J connectivity index is 1.83. The van der Waals surface area contributed by atoms with Crippen LogP contribution in [-0.2, 0) is 16.0 Å². The Hall–Kier alpha value is -1.78. The number of nitrogens with one attached hydrogen (secondary N) is 1. The molecule has 21 heavy (non-hydrogen) atoms. The maximum absolute atomic E-state index is 12.3. The van der Waals surface area contributed by atoms with E-state index in [0.29, 0.717) is 18.8 Å². The Morgan fingerprint density at radius 2 is 2.14 bits per heavy atom. The van der Waals surface area contributed by atoms with Gasteiger partial charge in [0, 0.05) is 12.5 Å².